The highest BCUT2D eigenvalue weighted by atomic mass is 35.5. The summed E-state index contributed by atoms with van der Waals surface area (Å²) in [6.45, 7) is 1.35. The van der Waals surface area contributed by atoms with E-state index < -0.39 is 29.9 Å². The van der Waals surface area contributed by atoms with Crippen LogP contribution >= 0.6 is 11.6 Å². The van der Waals surface area contributed by atoms with Crippen LogP contribution in [0.2, 0.25) is 5.02 Å². The molecule has 2 aromatic carbocycles. The molecule has 28 heavy (non-hydrogen) atoms. The van der Waals surface area contributed by atoms with Gasteiger partial charge in [0, 0.05) is 10.7 Å². The molecule has 0 spiro atoms. The number of nitrogens with zero attached hydrogens (tertiary/aromatic N) is 2. The van der Waals surface area contributed by atoms with Gasteiger partial charge in [0.25, 0.3) is 5.91 Å². The number of carbonyl (C=O) groups excluding carboxylic acids is 3. The number of hydrogen-bond acceptors (Lipinski definition) is 4. The standard InChI is InChI=1S/C20H17ClN4O3/c1-2-20(14-6-8-15(21)9-7-14)18(27)25(19(28)24-20)12-17(26)23-16-5-3-4-13(10-16)11-22/h3-10H,2,12H2,1H3,(H,23,26)(H,24,28)/t20-/m1/s1. The summed E-state index contributed by atoms with van der Waals surface area (Å²) < 4.78 is 0. The van der Waals surface area contributed by atoms with Crippen molar-refractivity contribution in [1.82, 2.24) is 10.2 Å². The maximum Gasteiger partial charge on any atom is 0.325 e. The van der Waals surface area contributed by atoms with Gasteiger partial charge in [0.15, 0.2) is 0 Å². The molecule has 2 N–H and O–H groups in total. The third kappa shape index (κ3) is 3.55. The van der Waals surface area contributed by atoms with Crippen molar-refractivity contribution < 1.29 is 14.4 Å². The number of rotatable bonds is 5. The Morgan fingerprint density at radius 2 is 1.96 bits per heavy atom. The normalized spacial score (nSPS) is 18.5. The van der Waals surface area contributed by atoms with E-state index in [1.54, 1.807) is 49.4 Å². The molecule has 0 aromatic heterocycles. The second-order valence-corrected chi connectivity index (χ2v) is 6.76. The summed E-state index contributed by atoms with van der Waals surface area (Å²) in [6.07, 6.45) is 0.321. The molecule has 7 nitrogen and oxygen atoms in total. The van der Waals surface area contributed by atoms with Crippen molar-refractivity contribution in [2.24, 2.45) is 0 Å². The number of anilines is 1. The minimum atomic E-state index is -1.23. The van der Waals surface area contributed by atoms with Gasteiger partial charge in [0.05, 0.1) is 11.6 Å². The highest BCUT2D eigenvalue weighted by molar-refractivity contribution is 6.30. The molecule has 1 aliphatic heterocycles. The zero-order valence-electron chi connectivity index (χ0n) is 15.0. The first-order valence-electron chi connectivity index (χ1n) is 8.60. The number of halogens is 1. The molecule has 1 saturated heterocycles. The van der Waals surface area contributed by atoms with E-state index >= 15 is 0 Å². The molecule has 4 amide bonds. The van der Waals surface area contributed by atoms with E-state index in [1.807, 2.05) is 6.07 Å². The molecule has 1 atom stereocenters. The van der Waals surface area contributed by atoms with Gasteiger partial charge in [-0.1, -0.05) is 36.7 Å². The number of amides is 4. The summed E-state index contributed by atoms with van der Waals surface area (Å²) in [5.41, 5.74) is 0.168. The average molecular weight is 397 g/mol. The van der Waals surface area contributed by atoms with Crippen molar-refractivity contribution in [3.05, 3.63) is 64.7 Å². The summed E-state index contributed by atoms with van der Waals surface area (Å²) >= 11 is 5.91. The van der Waals surface area contributed by atoms with Gasteiger partial charge >= 0.3 is 6.03 Å². The molecule has 0 aliphatic carbocycles. The van der Waals surface area contributed by atoms with Crippen LogP contribution in [0.5, 0.6) is 0 Å². The van der Waals surface area contributed by atoms with E-state index in [-0.39, 0.29) is 0 Å². The number of imide groups is 1. The zero-order chi connectivity index (χ0) is 20.3. The number of urea groups is 1. The topological polar surface area (TPSA) is 102 Å². The molecular formula is C20H17ClN4O3. The third-order valence-electron chi connectivity index (χ3n) is 4.62. The van der Waals surface area contributed by atoms with Gasteiger partial charge in [-0.05, 0) is 42.3 Å². The largest absolute Gasteiger partial charge is 0.325 e. The lowest BCUT2D eigenvalue weighted by molar-refractivity contribution is -0.134. The summed E-state index contributed by atoms with van der Waals surface area (Å²) in [5, 5.41) is 14.8. The van der Waals surface area contributed by atoms with Gasteiger partial charge in [-0.2, -0.15) is 5.26 Å². The van der Waals surface area contributed by atoms with Crippen LogP contribution in [0.25, 0.3) is 0 Å². The second kappa shape index (κ2) is 7.71. The summed E-state index contributed by atoms with van der Waals surface area (Å²) in [5.74, 6) is -1.04. The molecule has 3 rings (SSSR count). The molecule has 2 aromatic rings. The van der Waals surface area contributed by atoms with Crippen LogP contribution in [0, 0.1) is 11.3 Å². The third-order valence-corrected chi connectivity index (χ3v) is 4.87. The van der Waals surface area contributed by atoms with Crippen molar-refractivity contribution in [1.29, 1.82) is 5.26 Å². The first-order chi connectivity index (χ1) is 13.4. The lowest BCUT2D eigenvalue weighted by Crippen LogP contribution is -2.44. The number of nitrogens with one attached hydrogen (secondary N) is 2. The number of carbonyl (C=O) groups is 3. The summed E-state index contributed by atoms with van der Waals surface area (Å²) in [6, 6.07) is 14.4. The molecule has 142 valence electrons. The first kappa shape index (κ1) is 19.4. The van der Waals surface area contributed by atoms with Crippen LogP contribution in [0.3, 0.4) is 0 Å². The predicted molar refractivity (Wildman–Crippen MR) is 103 cm³/mol. The maximum absolute atomic E-state index is 13.0. The molecule has 0 unspecified atom stereocenters. The van der Waals surface area contributed by atoms with Gasteiger partial charge in [0.2, 0.25) is 5.91 Å². The van der Waals surface area contributed by atoms with E-state index in [0.29, 0.717) is 28.3 Å². The maximum atomic E-state index is 13.0. The molecule has 0 radical (unpaired) electrons. The van der Waals surface area contributed by atoms with Crippen LogP contribution in [-0.2, 0) is 15.1 Å². The highest BCUT2D eigenvalue weighted by Gasteiger charge is 2.51. The Morgan fingerprint density at radius 1 is 1.25 bits per heavy atom. The Morgan fingerprint density at radius 3 is 2.61 bits per heavy atom. The van der Waals surface area contributed by atoms with Gasteiger partial charge in [0.1, 0.15) is 12.1 Å². The van der Waals surface area contributed by atoms with E-state index in [0.717, 1.165) is 4.90 Å². The fourth-order valence-corrected chi connectivity index (χ4v) is 3.28. The van der Waals surface area contributed by atoms with Gasteiger partial charge in [-0.25, -0.2) is 4.79 Å². The van der Waals surface area contributed by atoms with Gasteiger partial charge < -0.3 is 10.6 Å². The van der Waals surface area contributed by atoms with Crippen molar-refractivity contribution in [3.63, 3.8) is 0 Å². The van der Waals surface area contributed by atoms with Crippen LogP contribution in [0.1, 0.15) is 24.5 Å². The van der Waals surface area contributed by atoms with Crippen molar-refractivity contribution >= 4 is 35.1 Å². The monoisotopic (exact) mass is 396 g/mol. The first-order valence-corrected chi connectivity index (χ1v) is 8.97. The summed E-state index contributed by atoms with van der Waals surface area (Å²) in [4.78, 5) is 38.7. The van der Waals surface area contributed by atoms with Gasteiger partial charge in [-0.15, -0.1) is 0 Å². The zero-order valence-corrected chi connectivity index (χ0v) is 15.8. The molecule has 1 heterocycles. The smallest absolute Gasteiger partial charge is 0.324 e. The molecule has 0 bridgehead atoms. The molecule has 1 aliphatic rings. The Kier molecular flexibility index (Phi) is 5.34. The second-order valence-electron chi connectivity index (χ2n) is 6.33. The fraction of sp³-hybridized carbons (Fsp3) is 0.200. The van der Waals surface area contributed by atoms with Crippen LogP contribution in [0.15, 0.2) is 48.5 Å². The Balaban J connectivity index is 1.78. The number of nitriles is 1. The minimum Gasteiger partial charge on any atom is -0.324 e. The van der Waals surface area contributed by atoms with Crippen LogP contribution in [0.4, 0.5) is 10.5 Å². The van der Waals surface area contributed by atoms with E-state index in [2.05, 4.69) is 10.6 Å². The average Bonchev–Trinajstić information content (AvgIpc) is 2.93. The Labute approximate surface area is 166 Å². The highest BCUT2D eigenvalue weighted by Crippen LogP contribution is 2.33. The fourth-order valence-electron chi connectivity index (χ4n) is 3.15. The Bertz CT molecular complexity index is 984. The van der Waals surface area contributed by atoms with E-state index in [4.69, 9.17) is 16.9 Å². The molecule has 8 heteroatoms. The predicted octanol–water partition coefficient (Wildman–Crippen LogP) is 3.01. The van der Waals surface area contributed by atoms with Gasteiger partial charge in [-0.3, -0.25) is 14.5 Å². The lowest BCUT2D eigenvalue weighted by atomic mass is 9.87. The number of benzene rings is 2. The quantitative estimate of drug-likeness (QED) is 0.758. The SMILES string of the molecule is CC[C@]1(c2ccc(Cl)cc2)NC(=O)N(CC(=O)Nc2cccc(C#N)c2)C1=O. The van der Waals surface area contributed by atoms with Crippen LogP contribution in [-0.4, -0.2) is 29.3 Å². The number of hydrogen-bond donors (Lipinski definition) is 2. The van der Waals surface area contributed by atoms with Crippen LogP contribution < -0.4 is 10.6 Å². The lowest BCUT2D eigenvalue weighted by Gasteiger charge is -2.25. The van der Waals surface area contributed by atoms with E-state index in [9.17, 15) is 14.4 Å². The summed E-state index contributed by atoms with van der Waals surface area (Å²) in [7, 11) is 0. The van der Waals surface area contributed by atoms with Crippen molar-refractivity contribution in [2.75, 3.05) is 11.9 Å². The Hall–Kier alpha value is -3.37. The molecular weight excluding hydrogens is 380 g/mol. The molecule has 1 fully saturated rings. The van der Waals surface area contributed by atoms with Crippen molar-refractivity contribution in [2.45, 2.75) is 18.9 Å². The molecule has 0 saturated carbocycles. The van der Waals surface area contributed by atoms with Crippen molar-refractivity contribution in [3.8, 4) is 6.07 Å². The minimum absolute atomic E-state index is 0.321. The van der Waals surface area contributed by atoms with E-state index in [1.165, 1.54) is 6.07 Å².